The van der Waals surface area contributed by atoms with E-state index < -0.39 is 0 Å². The van der Waals surface area contributed by atoms with Crippen LogP contribution in [0.1, 0.15) is 219 Å². The number of unbranched alkanes of at least 4 members (excludes halogenated alkanes) is 30. The van der Waals surface area contributed by atoms with Gasteiger partial charge in [-0.05, 0) is 12.8 Å². The highest BCUT2D eigenvalue weighted by Crippen LogP contribution is 2.15. The fourth-order valence-electron chi connectivity index (χ4n) is 5.89. The van der Waals surface area contributed by atoms with Gasteiger partial charge < -0.3 is 9.47 Å². The zero-order chi connectivity index (χ0) is 29.6. The van der Waals surface area contributed by atoms with Crippen LogP contribution in [0, 0.1) is 6.42 Å². The van der Waals surface area contributed by atoms with Crippen LogP contribution >= 0.6 is 0 Å². The summed E-state index contributed by atoms with van der Waals surface area (Å²) in [6.45, 7) is 7.92. The van der Waals surface area contributed by atoms with Gasteiger partial charge >= 0.3 is 0 Å². The van der Waals surface area contributed by atoms with Crippen molar-refractivity contribution in [3.05, 3.63) is 6.42 Å². The van der Waals surface area contributed by atoms with E-state index in [1.807, 2.05) is 0 Å². The van der Waals surface area contributed by atoms with Crippen LogP contribution < -0.4 is 0 Å². The molecule has 0 spiro atoms. The quantitative estimate of drug-likeness (QED) is 0.0677. The molecule has 0 aliphatic heterocycles. The van der Waals surface area contributed by atoms with Crippen molar-refractivity contribution in [2.24, 2.45) is 0 Å². The van der Waals surface area contributed by atoms with E-state index in [2.05, 4.69) is 20.3 Å². The standard InChI is InChI=1S/C39H79O2/c1-3-5-7-9-11-13-15-17-19-21-23-25-27-29-31-33-36-40-38-35-39-41-37-34-32-30-28-26-24-22-20-18-16-14-12-10-8-6-4-2/h35H,3-34,36-39H2,1-2H3. The van der Waals surface area contributed by atoms with Crippen molar-refractivity contribution >= 4 is 0 Å². The summed E-state index contributed by atoms with van der Waals surface area (Å²) in [6.07, 6.45) is 47.6. The molecule has 41 heavy (non-hydrogen) atoms. The molecule has 0 aliphatic carbocycles. The second kappa shape index (κ2) is 39.9. The lowest BCUT2D eigenvalue weighted by molar-refractivity contribution is 0.111. The Kier molecular flexibility index (Phi) is 39.8. The minimum Gasteiger partial charge on any atom is -0.381 e. The number of rotatable bonds is 38. The highest BCUT2D eigenvalue weighted by molar-refractivity contribution is 4.61. The molecule has 247 valence electrons. The Balaban J connectivity index is 3.02. The van der Waals surface area contributed by atoms with Crippen molar-refractivity contribution < 1.29 is 9.47 Å². The Morgan fingerprint density at radius 3 is 0.683 bits per heavy atom. The normalized spacial score (nSPS) is 11.6. The maximum absolute atomic E-state index is 5.75. The summed E-state index contributed by atoms with van der Waals surface area (Å²) in [6, 6.07) is 0. The van der Waals surface area contributed by atoms with Gasteiger partial charge in [0.15, 0.2) is 0 Å². The Hall–Kier alpha value is -0.0800. The minimum absolute atomic E-state index is 0.748. The van der Waals surface area contributed by atoms with Gasteiger partial charge in [0.05, 0.1) is 13.2 Å². The fourth-order valence-corrected chi connectivity index (χ4v) is 5.89. The summed E-state index contributed by atoms with van der Waals surface area (Å²) in [7, 11) is 0. The first-order valence-corrected chi connectivity index (χ1v) is 19.4. The molecule has 0 N–H and O–H groups in total. The van der Waals surface area contributed by atoms with E-state index in [0.29, 0.717) is 0 Å². The monoisotopic (exact) mass is 580 g/mol. The van der Waals surface area contributed by atoms with Crippen molar-refractivity contribution in [3.8, 4) is 0 Å². The van der Waals surface area contributed by atoms with Crippen LogP contribution in [0.3, 0.4) is 0 Å². The summed E-state index contributed by atoms with van der Waals surface area (Å²) >= 11 is 0. The highest BCUT2D eigenvalue weighted by Gasteiger charge is 1.97. The van der Waals surface area contributed by atoms with Crippen LogP contribution in [0.5, 0.6) is 0 Å². The third-order valence-corrected chi connectivity index (χ3v) is 8.76. The molecule has 0 atom stereocenters. The zero-order valence-electron chi connectivity index (χ0n) is 28.8. The molecular formula is C39H79O2. The molecule has 0 aliphatic rings. The van der Waals surface area contributed by atoms with E-state index in [4.69, 9.17) is 9.47 Å². The molecule has 0 fully saturated rings. The van der Waals surface area contributed by atoms with Crippen LogP contribution in [0.15, 0.2) is 0 Å². The van der Waals surface area contributed by atoms with Gasteiger partial charge in [0.1, 0.15) is 0 Å². The molecule has 1 radical (unpaired) electrons. The van der Waals surface area contributed by atoms with Gasteiger partial charge in [-0.1, -0.05) is 206 Å². The third kappa shape index (κ3) is 39.9. The minimum atomic E-state index is 0.748. The number of hydrogen-bond donors (Lipinski definition) is 0. The van der Waals surface area contributed by atoms with Crippen LogP contribution in [0.25, 0.3) is 0 Å². The Morgan fingerprint density at radius 2 is 0.463 bits per heavy atom. The van der Waals surface area contributed by atoms with Gasteiger partial charge in [0, 0.05) is 19.6 Å². The molecule has 2 nitrogen and oxygen atoms in total. The van der Waals surface area contributed by atoms with Crippen molar-refractivity contribution in [3.63, 3.8) is 0 Å². The van der Waals surface area contributed by atoms with Crippen molar-refractivity contribution in [1.29, 1.82) is 0 Å². The fraction of sp³-hybridized carbons (Fsp3) is 0.974. The first-order chi connectivity index (χ1) is 20.4. The molecule has 0 aromatic heterocycles. The molecule has 0 bridgehead atoms. The lowest BCUT2D eigenvalue weighted by atomic mass is 10.0. The van der Waals surface area contributed by atoms with Gasteiger partial charge in [-0.3, -0.25) is 0 Å². The Labute approximate surface area is 261 Å². The summed E-state index contributed by atoms with van der Waals surface area (Å²) in [5.74, 6) is 0. The second-order valence-electron chi connectivity index (χ2n) is 13.0. The summed E-state index contributed by atoms with van der Waals surface area (Å²) in [5, 5.41) is 0. The number of hydrogen-bond acceptors (Lipinski definition) is 2. The van der Waals surface area contributed by atoms with E-state index >= 15 is 0 Å². The van der Waals surface area contributed by atoms with E-state index in [1.165, 1.54) is 205 Å². The smallest absolute Gasteiger partial charge is 0.0520 e. The van der Waals surface area contributed by atoms with Gasteiger partial charge in [-0.15, -0.1) is 0 Å². The van der Waals surface area contributed by atoms with Gasteiger partial charge in [-0.25, -0.2) is 0 Å². The van der Waals surface area contributed by atoms with Crippen molar-refractivity contribution in [2.75, 3.05) is 26.4 Å². The Morgan fingerprint density at radius 1 is 0.268 bits per heavy atom. The lowest BCUT2D eigenvalue weighted by Crippen LogP contribution is -2.04. The first-order valence-electron chi connectivity index (χ1n) is 19.4. The SMILES string of the molecule is CCCCCCCCCCCCCCCCCCOC[CH]COCCCCCCCCCCCCCCCCCC. The average Bonchev–Trinajstić information content (AvgIpc) is 2.98. The average molecular weight is 580 g/mol. The van der Waals surface area contributed by atoms with E-state index in [0.717, 1.165) is 26.4 Å². The van der Waals surface area contributed by atoms with Crippen LogP contribution in [-0.2, 0) is 9.47 Å². The summed E-state index contributed by atoms with van der Waals surface area (Å²) in [5.41, 5.74) is 0. The van der Waals surface area contributed by atoms with Crippen molar-refractivity contribution in [2.45, 2.75) is 219 Å². The molecule has 0 saturated heterocycles. The van der Waals surface area contributed by atoms with Crippen LogP contribution in [0.2, 0.25) is 0 Å². The second-order valence-corrected chi connectivity index (χ2v) is 13.0. The molecule has 0 rings (SSSR count). The summed E-state index contributed by atoms with van der Waals surface area (Å²) < 4.78 is 11.5. The highest BCUT2D eigenvalue weighted by atomic mass is 16.5. The van der Waals surface area contributed by atoms with E-state index in [1.54, 1.807) is 0 Å². The van der Waals surface area contributed by atoms with Gasteiger partial charge in [0.25, 0.3) is 0 Å². The molecule has 0 unspecified atom stereocenters. The first kappa shape index (κ1) is 40.9. The largest absolute Gasteiger partial charge is 0.381 e. The predicted octanol–water partition coefficient (Wildman–Crippen LogP) is 13.7. The molecule has 0 saturated carbocycles. The molecular weight excluding hydrogens is 500 g/mol. The van der Waals surface area contributed by atoms with E-state index in [-0.39, 0.29) is 0 Å². The third-order valence-electron chi connectivity index (χ3n) is 8.76. The lowest BCUT2D eigenvalue weighted by Gasteiger charge is -2.06. The summed E-state index contributed by atoms with van der Waals surface area (Å²) in [4.78, 5) is 0. The number of ether oxygens (including phenoxy) is 2. The predicted molar refractivity (Wildman–Crippen MR) is 185 cm³/mol. The van der Waals surface area contributed by atoms with Crippen molar-refractivity contribution in [1.82, 2.24) is 0 Å². The zero-order valence-corrected chi connectivity index (χ0v) is 28.8. The van der Waals surface area contributed by atoms with Crippen LogP contribution in [0.4, 0.5) is 0 Å². The maximum Gasteiger partial charge on any atom is 0.0520 e. The molecule has 0 heterocycles. The molecule has 0 aromatic rings. The molecule has 2 heteroatoms. The topological polar surface area (TPSA) is 18.5 Å². The van der Waals surface area contributed by atoms with Gasteiger partial charge in [0.2, 0.25) is 0 Å². The van der Waals surface area contributed by atoms with Gasteiger partial charge in [-0.2, -0.15) is 0 Å². The maximum atomic E-state index is 5.75. The molecule has 0 aromatic carbocycles. The van der Waals surface area contributed by atoms with Crippen LogP contribution in [-0.4, -0.2) is 26.4 Å². The Bertz CT molecular complexity index is 386. The van der Waals surface area contributed by atoms with E-state index in [9.17, 15) is 0 Å². The molecule has 0 amide bonds.